The summed E-state index contributed by atoms with van der Waals surface area (Å²) in [6.07, 6.45) is 5.47. The number of hydrogen-bond acceptors (Lipinski definition) is 4. The molecule has 120 valence electrons. The summed E-state index contributed by atoms with van der Waals surface area (Å²) in [7, 11) is 0. The Labute approximate surface area is 125 Å². The molecule has 2 aliphatic rings. The maximum atomic E-state index is 12.5. The van der Waals surface area contributed by atoms with E-state index in [9.17, 15) is 9.59 Å². The first-order valence-corrected chi connectivity index (χ1v) is 7.92. The highest BCUT2D eigenvalue weighted by molar-refractivity contribution is 5.79. The van der Waals surface area contributed by atoms with Gasteiger partial charge in [0.2, 0.25) is 5.91 Å². The lowest BCUT2D eigenvalue weighted by atomic mass is 9.81. The number of carbonyl (C=O) groups is 2. The van der Waals surface area contributed by atoms with Gasteiger partial charge in [0.05, 0.1) is 6.10 Å². The van der Waals surface area contributed by atoms with Crippen LogP contribution in [-0.4, -0.2) is 54.2 Å². The number of aliphatic carboxylic acids is 1. The Morgan fingerprint density at radius 1 is 1.10 bits per heavy atom. The van der Waals surface area contributed by atoms with E-state index in [2.05, 4.69) is 0 Å². The first-order valence-electron chi connectivity index (χ1n) is 7.92. The zero-order valence-electron chi connectivity index (χ0n) is 12.5. The van der Waals surface area contributed by atoms with Crippen molar-refractivity contribution >= 4 is 11.9 Å². The Kier molecular flexibility index (Phi) is 5.99. The Bertz CT molecular complexity index is 359. The standard InChI is InChI=1S/C15H26N2O4/c16-9-11-1-3-12(4-2-11)15(20)17-7-5-13(6-8-17)21-10-14(18)19/h11-13H,1-10,16H2,(H,18,19). The summed E-state index contributed by atoms with van der Waals surface area (Å²) >= 11 is 0. The van der Waals surface area contributed by atoms with Crippen LogP contribution in [0.5, 0.6) is 0 Å². The van der Waals surface area contributed by atoms with Crippen LogP contribution in [0.25, 0.3) is 0 Å². The number of carboxylic acids is 1. The molecular formula is C15H26N2O4. The number of carboxylic acid groups (broad SMARTS) is 1. The maximum Gasteiger partial charge on any atom is 0.329 e. The number of ether oxygens (including phenoxy) is 1. The molecule has 1 heterocycles. The monoisotopic (exact) mass is 298 g/mol. The second-order valence-corrected chi connectivity index (χ2v) is 6.18. The third-order valence-corrected chi connectivity index (χ3v) is 4.73. The van der Waals surface area contributed by atoms with E-state index in [-0.39, 0.29) is 24.5 Å². The summed E-state index contributed by atoms with van der Waals surface area (Å²) in [5, 5.41) is 8.60. The van der Waals surface area contributed by atoms with Crippen LogP contribution >= 0.6 is 0 Å². The molecule has 1 saturated heterocycles. The fourth-order valence-corrected chi connectivity index (χ4v) is 3.34. The minimum atomic E-state index is -0.940. The van der Waals surface area contributed by atoms with Crippen molar-refractivity contribution < 1.29 is 19.4 Å². The summed E-state index contributed by atoms with van der Waals surface area (Å²) in [6.45, 7) is 1.84. The number of nitrogens with zero attached hydrogens (tertiary/aromatic N) is 1. The van der Waals surface area contributed by atoms with E-state index < -0.39 is 5.97 Å². The zero-order valence-corrected chi connectivity index (χ0v) is 12.5. The van der Waals surface area contributed by atoms with Crippen molar-refractivity contribution in [1.29, 1.82) is 0 Å². The Balaban J connectivity index is 1.72. The third-order valence-electron chi connectivity index (χ3n) is 4.73. The molecule has 0 radical (unpaired) electrons. The Morgan fingerprint density at radius 3 is 2.24 bits per heavy atom. The summed E-state index contributed by atoms with van der Waals surface area (Å²) in [6, 6.07) is 0. The van der Waals surface area contributed by atoms with Crippen molar-refractivity contribution in [2.75, 3.05) is 26.2 Å². The molecular weight excluding hydrogens is 272 g/mol. The van der Waals surface area contributed by atoms with E-state index in [0.29, 0.717) is 19.0 Å². The number of likely N-dealkylation sites (tertiary alicyclic amines) is 1. The van der Waals surface area contributed by atoms with E-state index in [4.69, 9.17) is 15.6 Å². The number of amides is 1. The topological polar surface area (TPSA) is 92.9 Å². The van der Waals surface area contributed by atoms with E-state index in [1.165, 1.54) is 0 Å². The highest BCUT2D eigenvalue weighted by Crippen LogP contribution is 2.30. The lowest BCUT2D eigenvalue weighted by Crippen LogP contribution is -2.44. The number of rotatable bonds is 5. The van der Waals surface area contributed by atoms with Gasteiger partial charge in [-0.3, -0.25) is 4.79 Å². The average Bonchev–Trinajstić information content (AvgIpc) is 2.53. The van der Waals surface area contributed by atoms with Gasteiger partial charge in [-0.15, -0.1) is 0 Å². The molecule has 0 atom stereocenters. The van der Waals surface area contributed by atoms with Gasteiger partial charge < -0.3 is 20.5 Å². The molecule has 6 nitrogen and oxygen atoms in total. The molecule has 0 aromatic rings. The van der Waals surface area contributed by atoms with Crippen molar-refractivity contribution in [2.24, 2.45) is 17.6 Å². The van der Waals surface area contributed by atoms with Crippen LogP contribution in [0.3, 0.4) is 0 Å². The molecule has 0 bridgehead atoms. The number of carbonyl (C=O) groups excluding carboxylic acids is 1. The second kappa shape index (κ2) is 7.75. The van der Waals surface area contributed by atoms with Crippen LogP contribution in [0, 0.1) is 11.8 Å². The molecule has 1 aliphatic heterocycles. The van der Waals surface area contributed by atoms with Gasteiger partial charge in [-0.25, -0.2) is 4.79 Å². The Morgan fingerprint density at radius 2 is 1.71 bits per heavy atom. The van der Waals surface area contributed by atoms with Crippen LogP contribution in [0.4, 0.5) is 0 Å². The van der Waals surface area contributed by atoms with Gasteiger partial charge in [0.1, 0.15) is 6.61 Å². The van der Waals surface area contributed by atoms with E-state index in [1.54, 1.807) is 0 Å². The first kappa shape index (κ1) is 16.2. The molecule has 1 amide bonds. The van der Waals surface area contributed by atoms with Crippen molar-refractivity contribution in [3.63, 3.8) is 0 Å². The summed E-state index contributed by atoms with van der Waals surface area (Å²) in [5.41, 5.74) is 5.68. The van der Waals surface area contributed by atoms with E-state index in [0.717, 1.165) is 45.1 Å². The minimum absolute atomic E-state index is 0.0295. The normalized spacial score (nSPS) is 27.6. The zero-order chi connectivity index (χ0) is 15.2. The maximum absolute atomic E-state index is 12.5. The lowest BCUT2D eigenvalue weighted by molar-refractivity contribution is -0.148. The van der Waals surface area contributed by atoms with Crippen molar-refractivity contribution in [2.45, 2.75) is 44.6 Å². The molecule has 1 aliphatic carbocycles. The molecule has 6 heteroatoms. The van der Waals surface area contributed by atoms with Gasteiger partial charge in [-0.1, -0.05) is 0 Å². The molecule has 21 heavy (non-hydrogen) atoms. The van der Waals surface area contributed by atoms with Gasteiger partial charge in [-0.2, -0.15) is 0 Å². The molecule has 0 unspecified atom stereocenters. The number of hydrogen-bond donors (Lipinski definition) is 2. The highest BCUT2D eigenvalue weighted by atomic mass is 16.5. The van der Waals surface area contributed by atoms with Gasteiger partial charge in [0.25, 0.3) is 0 Å². The average molecular weight is 298 g/mol. The fourth-order valence-electron chi connectivity index (χ4n) is 3.34. The summed E-state index contributed by atoms with van der Waals surface area (Å²) in [4.78, 5) is 24.9. The first-order chi connectivity index (χ1) is 10.1. The van der Waals surface area contributed by atoms with Crippen molar-refractivity contribution in [3.05, 3.63) is 0 Å². The summed E-state index contributed by atoms with van der Waals surface area (Å²) in [5.74, 6) is 0.0702. The molecule has 0 spiro atoms. The molecule has 2 fully saturated rings. The van der Waals surface area contributed by atoms with Crippen LogP contribution in [0.1, 0.15) is 38.5 Å². The summed E-state index contributed by atoms with van der Waals surface area (Å²) < 4.78 is 5.30. The van der Waals surface area contributed by atoms with Crippen LogP contribution < -0.4 is 5.73 Å². The van der Waals surface area contributed by atoms with Crippen molar-refractivity contribution in [3.8, 4) is 0 Å². The largest absolute Gasteiger partial charge is 0.480 e. The van der Waals surface area contributed by atoms with Gasteiger partial charge in [0, 0.05) is 19.0 Å². The smallest absolute Gasteiger partial charge is 0.329 e. The quantitative estimate of drug-likeness (QED) is 0.784. The molecule has 1 saturated carbocycles. The molecule has 0 aromatic heterocycles. The highest BCUT2D eigenvalue weighted by Gasteiger charge is 2.31. The number of piperidine rings is 1. The minimum Gasteiger partial charge on any atom is -0.480 e. The van der Waals surface area contributed by atoms with Gasteiger partial charge in [0.15, 0.2) is 0 Å². The molecule has 0 aromatic carbocycles. The van der Waals surface area contributed by atoms with Gasteiger partial charge >= 0.3 is 5.97 Å². The van der Waals surface area contributed by atoms with E-state index in [1.807, 2.05) is 4.90 Å². The predicted molar refractivity (Wildman–Crippen MR) is 77.7 cm³/mol. The second-order valence-electron chi connectivity index (χ2n) is 6.18. The van der Waals surface area contributed by atoms with E-state index >= 15 is 0 Å². The van der Waals surface area contributed by atoms with Crippen molar-refractivity contribution in [1.82, 2.24) is 4.90 Å². The predicted octanol–water partition coefficient (Wildman–Crippen LogP) is 0.844. The van der Waals surface area contributed by atoms with Crippen LogP contribution in [-0.2, 0) is 14.3 Å². The lowest BCUT2D eigenvalue weighted by Gasteiger charge is -2.36. The Hall–Kier alpha value is -1.14. The van der Waals surface area contributed by atoms with Gasteiger partial charge in [-0.05, 0) is 51.0 Å². The SMILES string of the molecule is NCC1CCC(C(=O)N2CCC(OCC(=O)O)CC2)CC1. The third kappa shape index (κ3) is 4.68. The molecule has 2 rings (SSSR count). The molecule has 3 N–H and O–H groups in total. The number of nitrogens with two attached hydrogens (primary N) is 1. The van der Waals surface area contributed by atoms with Crippen LogP contribution in [0.15, 0.2) is 0 Å². The van der Waals surface area contributed by atoms with Crippen LogP contribution in [0.2, 0.25) is 0 Å². The fraction of sp³-hybridized carbons (Fsp3) is 0.867.